The van der Waals surface area contributed by atoms with Crippen LogP contribution in [0.4, 0.5) is 0 Å². The second-order valence-electron chi connectivity index (χ2n) is 25.9. The quantitative estimate of drug-likeness (QED) is 0.0643. The van der Waals surface area contributed by atoms with Crippen molar-refractivity contribution in [3.63, 3.8) is 0 Å². The Hall–Kier alpha value is -1.59. The smallest absolute Gasteiger partial charge is 0.315 e. The molecule has 0 spiro atoms. The Morgan fingerprint density at radius 2 is 1.17 bits per heavy atom. The van der Waals surface area contributed by atoms with Gasteiger partial charge in [0.2, 0.25) is 6.29 Å². The van der Waals surface area contributed by atoms with Crippen molar-refractivity contribution < 1.29 is 109 Å². The van der Waals surface area contributed by atoms with Gasteiger partial charge in [-0.2, -0.15) is 0 Å². The first kappa shape index (κ1) is 58.1. The van der Waals surface area contributed by atoms with Gasteiger partial charge in [0.15, 0.2) is 18.9 Å². The molecule has 5 aliphatic carbocycles. The number of ether oxygens (including phenoxy) is 8. The second kappa shape index (κ2) is 21.1. The van der Waals surface area contributed by atoms with E-state index in [9.17, 15) is 66.4 Å². The molecule has 0 bridgehead atoms. The lowest BCUT2D eigenvalue weighted by molar-refractivity contribution is -0.367. The zero-order chi connectivity index (χ0) is 54.7. The largest absolute Gasteiger partial charge is 0.432 e. The lowest BCUT2D eigenvalue weighted by Gasteiger charge is -2.71. The van der Waals surface area contributed by atoms with Crippen molar-refractivity contribution in [2.75, 3.05) is 26.4 Å². The molecule has 9 aliphatic rings. The molecule has 4 aliphatic heterocycles. The molecule has 4 saturated heterocycles. The molecule has 0 radical (unpaired) electrons. The molecule has 75 heavy (non-hydrogen) atoms. The molecular weight excluding hydrogens is 989 g/mol. The lowest BCUT2D eigenvalue weighted by atomic mass is 9.33. The van der Waals surface area contributed by atoms with E-state index in [1.165, 1.54) is 5.57 Å². The summed E-state index contributed by atoms with van der Waals surface area (Å²) in [5.41, 5.74) is -1.01. The van der Waals surface area contributed by atoms with Crippen LogP contribution < -0.4 is 0 Å². The Morgan fingerprint density at radius 1 is 0.600 bits per heavy atom. The van der Waals surface area contributed by atoms with Gasteiger partial charge in [0.05, 0.1) is 37.9 Å². The molecule has 430 valence electrons. The van der Waals surface area contributed by atoms with Crippen molar-refractivity contribution in [2.24, 2.45) is 50.2 Å². The fourth-order valence-corrected chi connectivity index (χ4v) is 16.1. The molecule has 27 atom stereocenters. The van der Waals surface area contributed by atoms with E-state index in [-0.39, 0.29) is 46.0 Å². The summed E-state index contributed by atoms with van der Waals surface area (Å²) in [5.74, 6) is -0.391. The first-order chi connectivity index (χ1) is 35.1. The van der Waals surface area contributed by atoms with Crippen molar-refractivity contribution >= 4 is 5.97 Å². The molecule has 8 fully saturated rings. The van der Waals surface area contributed by atoms with Crippen LogP contribution >= 0.6 is 0 Å². The first-order valence-electron chi connectivity index (χ1n) is 27.2. The number of allylic oxidation sites excluding steroid dienone is 2. The Morgan fingerprint density at radius 3 is 1.81 bits per heavy atom. The van der Waals surface area contributed by atoms with Crippen LogP contribution in [0.25, 0.3) is 0 Å². The first-order valence-corrected chi connectivity index (χ1v) is 27.2. The highest BCUT2D eigenvalue weighted by molar-refractivity contribution is 5.79. The van der Waals surface area contributed by atoms with Gasteiger partial charge in [-0.1, -0.05) is 60.1 Å². The average Bonchev–Trinajstić information content (AvgIpc) is 3.36. The molecule has 4 saturated carbocycles. The third kappa shape index (κ3) is 9.60. The van der Waals surface area contributed by atoms with Crippen LogP contribution in [-0.2, 0) is 42.7 Å². The van der Waals surface area contributed by atoms with Crippen LogP contribution in [0.15, 0.2) is 11.6 Å². The van der Waals surface area contributed by atoms with E-state index in [1.807, 2.05) is 0 Å². The molecule has 9 rings (SSSR count). The van der Waals surface area contributed by atoms with Gasteiger partial charge in [-0.05, 0) is 109 Å². The summed E-state index contributed by atoms with van der Waals surface area (Å²) in [7, 11) is 0. The van der Waals surface area contributed by atoms with Crippen LogP contribution in [0.3, 0.4) is 0 Å². The highest BCUT2D eigenvalue weighted by Crippen LogP contribution is 2.76. The normalized spacial score (nSPS) is 53.5. The number of hydrogen-bond donors (Lipinski definition) is 13. The molecule has 22 nitrogen and oxygen atoms in total. The zero-order valence-corrected chi connectivity index (χ0v) is 44.2. The van der Waals surface area contributed by atoms with Gasteiger partial charge in [-0.25, -0.2) is 0 Å². The van der Waals surface area contributed by atoms with Gasteiger partial charge < -0.3 is 104 Å². The van der Waals surface area contributed by atoms with Gasteiger partial charge in [0.25, 0.3) is 0 Å². The summed E-state index contributed by atoms with van der Waals surface area (Å²) < 4.78 is 47.6. The summed E-state index contributed by atoms with van der Waals surface area (Å²) in [5, 5.41) is 137. The number of carbonyl (C=O) groups is 1. The minimum atomic E-state index is -1.83. The maximum absolute atomic E-state index is 15.1. The average molecular weight is 1080 g/mol. The molecule has 0 aromatic carbocycles. The summed E-state index contributed by atoms with van der Waals surface area (Å²) in [6.07, 6.45) is -20.8. The van der Waals surface area contributed by atoms with Crippen LogP contribution in [0, 0.1) is 50.2 Å². The number of fused-ring (bicyclic) bond motifs is 7. The Bertz CT molecular complexity index is 2060. The molecule has 0 unspecified atom stereocenters. The molecule has 13 N–H and O–H groups in total. The Labute approximate surface area is 437 Å². The van der Waals surface area contributed by atoms with E-state index >= 15 is 4.79 Å². The third-order valence-electron chi connectivity index (χ3n) is 21.0. The van der Waals surface area contributed by atoms with E-state index < -0.39 is 159 Å². The molecular formula is C53H86O22. The van der Waals surface area contributed by atoms with E-state index in [0.717, 1.165) is 32.1 Å². The standard InChI is InChI=1S/C53H86O22/c1-48(2)14-16-53(47(67)75-45-41(66)38(63)35(60)28(72-45)22-69-43-39(64)36(61)33(58)26(19-54)70-43)17-15-51(6)23(24(53)18-48)8-9-30-50(5)12-11-31(49(3,4)29(50)10-13-52(30,51)7)73-46-42(32(57)25(56)21-68-46)74-44-40(65)37(62)34(59)27(20-55)71-44/h8,24-46,54-66H,9-22H2,1-7H3/t24-,25+,26+,27+,28+,29-,30+,31-,32+,33+,34+,35+,36-,37-,38-,39+,40+,41+,42-,43+,44-,45-,46-,50-,51+,52+,53-/m0/s1. The topological polar surface area (TPSA) is 354 Å². The van der Waals surface area contributed by atoms with Gasteiger partial charge >= 0.3 is 5.97 Å². The van der Waals surface area contributed by atoms with Gasteiger partial charge in [-0.3, -0.25) is 4.79 Å². The van der Waals surface area contributed by atoms with Crippen molar-refractivity contribution in [3.8, 4) is 0 Å². The lowest BCUT2D eigenvalue weighted by Crippen LogP contribution is -2.66. The second-order valence-corrected chi connectivity index (χ2v) is 25.9. The van der Waals surface area contributed by atoms with Crippen LogP contribution in [0.2, 0.25) is 0 Å². The third-order valence-corrected chi connectivity index (χ3v) is 21.0. The SMILES string of the molecule is CC1(C)CC[C@]2(C(=O)O[C@@H]3O[C@H](CO[C@@H]4O[C@H](CO)[C@@H](O)[C@H](O)[C@H]4O)[C@@H](O)[C@H](O)[C@H]3O)CC[C@]3(C)C(=CC[C@@H]4[C@@]5(C)CC[C@H](O[C@@H]6OC[C@@H](O)[C@@H](O)[C@@H]6O[C@@H]6O[C@H](CO)[C@@H](O)[C@H](O)[C@H]6O)C(C)(C)[C@@H]5CC[C@]43C)[C@@H]2C1. The molecule has 4 heterocycles. The van der Waals surface area contributed by atoms with E-state index in [4.69, 9.17) is 37.9 Å². The maximum Gasteiger partial charge on any atom is 0.315 e. The molecule has 22 heteroatoms. The number of aliphatic hydroxyl groups is 13. The van der Waals surface area contributed by atoms with E-state index in [0.29, 0.717) is 32.1 Å². The number of rotatable bonds is 11. The monoisotopic (exact) mass is 1070 g/mol. The van der Waals surface area contributed by atoms with Gasteiger partial charge in [0, 0.05) is 0 Å². The minimum Gasteiger partial charge on any atom is -0.432 e. The molecule has 0 amide bonds. The highest BCUT2D eigenvalue weighted by Gasteiger charge is 2.70. The van der Waals surface area contributed by atoms with Gasteiger partial charge in [-0.15, -0.1) is 0 Å². The summed E-state index contributed by atoms with van der Waals surface area (Å²) in [6.45, 7) is 13.8. The zero-order valence-electron chi connectivity index (χ0n) is 44.2. The fourth-order valence-electron chi connectivity index (χ4n) is 16.1. The number of carbonyl (C=O) groups excluding carboxylic acids is 1. The molecule has 0 aromatic rings. The predicted octanol–water partition coefficient (Wildman–Crippen LogP) is -1.40. The maximum atomic E-state index is 15.1. The van der Waals surface area contributed by atoms with Crippen LogP contribution in [-0.4, -0.2) is 222 Å². The highest BCUT2D eigenvalue weighted by atomic mass is 16.8. The minimum absolute atomic E-state index is 0.125. The van der Waals surface area contributed by atoms with Gasteiger partial charge in [0.1, 0.15) is 91.6 Å². The summed E-state index contributed by atoms with van der Waals surface area (Å²) in [6, 6.07) is 0. The summed E-state index contributed by atoms with van der Waals surface area (Å²) in [4.78, 5) is 15.1. The van der Waals surface area contributed by atoms with Crippen LogP contribution in [0.5, 0.6) is 0 Å². The van der Waals surface area contributed by atoms with Crippen molar-refractivity contribution in [1.29, 1.82) is 0 Å². The van der Waals surface area contributed by atoms with Crippen LogP contribution in [0.1, 0.15) is 113 Å². The summed E-state index contributed by atoms with van der Waals surface area (Å²) >= 11 is 0. The predicted molar refractivity (Wildman–Crippen MR) is 257 cm³/mol. The number of esters is 1. The van der Waals surface area contributed by atoms with Crippen molar-refractivity contribution in [2.45, 2.75) is 235 Å². The van der Waals surface area contributed by atoms with E-state index in [2.05, 4.69) is 54.5 Å². The number of hydrogen-bond acceptors (Lipinski definition) is 22. The number of aliphatic hydroxyl groups excluding tert-OH is 13. The Balaban J connectivity index is 0.920. The Kier molecular flexibility index (Phi) is 16.3. The van der Waals surface area contributed by atoms with Crippen molar-refractivity contribution in [1.82, 2.24) is 0 Å². The molecule has 0 aromatic heterocycles. The fraction of sp³-hybridized carbons (Fsp3) is 0.943. The van der Waals surface area contributed by atoms with Crippen molar-refractivity contribution in [3.05, 3.63) is 11.6 Å². The van der Waals surface area contributed by atoms with E-state index in [1.54, 1.807) is 0 Å².